The van der Waals surface area contributed by atoms with Crippen molar-refractivity contribution in [2.45, 2.75) is 44.9 Å². The van der Waals surface area contributed by atoms with Gasteiger partial charge in [0.15, 0.2) is 5.78 Å². The number of ketones is 1. The molecule has 0 saturated carbocycles. The van der Waals surface area contributed by atoms with Crippen LogP contribution >= 0.6 is 0 Å². The van der Waals surface area contributed by atoms with Crippen molar-refractivity contribution in [1.82, 2.24) is 0 Å². The lowest BCUT2D eigenvalue weighted by atomic mass is 9.63. The molecule has 1 aliphatic carbocycles. The summed E-state index contributed by atoms with van der Waals surface area (Å²) >= 11 is 0. The second-order valence-electron chi connectivity index (χ2n) is 10.5. The van der Waals surface area contributed by atoms with E-state index in [-0.39, 0.29) is 5.78 Å². The third-order valence-electron chi connectivity index (χ3n) is 8.13. The number of carbonyl (C=O) groups excluding carboxylic acids is 1. The second-order valence-corrected chi connectivity index (χ2v) is 10.5. The Kier molecular flexibility index (Phi) is 6.83. The van der Waals surface area contributed by atoms with E-state index < -0.39 is 5.41 Å². The summed E-state index contributed by atoms with van der Waals surface area (Å²) in [6.07, 6.45) is 4.60. The first-order chi connectivity index (χ1) is 19.2. The number of fused-ring (bicyclic) bond motifs is 4. The average molecular weight is 514 g/mol. The van der Waals surface area contributed by atoms with Gasteiger partial charge in [-0.15, -0.1) is 0 Å². The number of hydrogen-bond acceptors (Lipinski definition) is 3. The number of anilines is 1. The molecule has 0 aromatic heterocycles. The van der Waals surface area contributed by atoms with Gasteiger partial charge in [-0.05, 0) is 35.6 Å². The zero-order valence-corrected chi connectivity index (χ0v) is 22.8. The first-order valence-corrected chi connectivity index (χ1v) is 14.3. The van der Waals surface area contributed by atoms with E-state index in [0.29, 0.717) is 5.76 Å². The molecule has 4 aromatic rings. The lowest BCUT2D eigenvalue weighted by Gasteiger charge is -2.35. The van der Waals surface area contributed by atoms with Crippen LogP contribution in [0, 0.1) is 0 Å². The summed E-state index contributed by atoms with van der Waals surface area (Å²) in [6, 6.07) is 35.0. The van der Waals surface area contributed by atoms with Crippen molar-refractivity contribution in [3.63, 3.8) is 0 Å². The van der Waals surface area contributed by atoms with Crippen molar-refractivity contribution in [2.75, 3.05) is 18.0 Å². The van der Waals surface area contributed by atoms with E-state index in [4.69, 9.17) is 4.74 Å². The molecule has 2 aliphatic rings. The topological polar surface area (TPSA) is 29.5 Å². The number of benzene rings is 4. The Morgan fingerprint density at radius 1 is 0.718 bits per heavy atom. The SMILES string of the molecule is CCCCN(CCCC)c1ccc2c(c1)OC1=C(c3ccccc3)c3ccccc3C(=O)C12c1ccccc1. The van der Waals surface area contributed by atoms with Crippen LogP contribution in [0.3, 0.4) is 0 Å². The Hall–Kier alpha value is -4.11. The molecule has 0 spiro atoms. The first kappa shape index (κ1) is 25.2. The molecule has 0 radical (unpaired) electrons. The van der Waals surface area contributed by atoms with E-state index in [2.05, 4.69) is 61.2 Å². The van der Waals surface area contributed by atoms with Crippen molar-refractivity contribution < 1.29 is 9.53 Å². The minimum absolute atomic E-state index is 0.0688. The second kappa shape index (κ2) is 10.6. The quantitative estimate of drug-likeness (QED) is 0.225. The van der Waals surface area contributed by atoms with Crippen molar-refractivity contribution in [3.8, 4) is 5.75 Å². The van der Waals surface area contributed by atoms with Gasteiger partial charge in [0.1, 0.15) is 16.9 Å². The Bertz CT molecular complexity index is 1510. The van der Waals surface area contributed by atoms with Crippen LogP contribution in [-0.2, 0) is 5.41 Å². The van der Waals surface area contributed by atoms with Gasteiger partial charge in [-0.1, -0.05) is 118 Å². The Morgan fingerprint density at radius 3 is 2.00 bits per heavy atom. The summed E-state index contributed by atoms with van der Waals surface area (Å²) < 4.78 is 6.89. The number of rotatable bonds is 9. The Morgan fingerprint density at radius 2 is 1.33 bits per heavy atom. The highest BCUT2D eigenvalue weighted by molar-refractivity contribution is 6.17. The van der Waals surface area contributed by atoms with Crippen LogP contribution in [0.5, 0.6) is 5.75 Å². The van der Waals surface area contributed by atoms with Crippen molar-refractivity contribution in [3.05, 3.63) is 137 Å². The predicted octanol–water partition coefficient (Wildman–Crippen LogP) is 8.43. The molecule has 1 heterocycles. The van der Waals surface area contributed by atoms with Crippen LogP contribution in [0.1, 0.15) is 72.1 Å². The van der Waals surface area contributed by atoms with Crippen molar-refractivity contribution in [1.29, 1.82) is 0 Å². The number of hydrogen-bond donors (Lipinski definition) is 0. The molecule has 0 saturated heterocycles. The fourth-order valence-electron chi connectivity index (χ4n) is 6.16. The van der Waals surface area contributed by atoms with Crippen LogP contribution in [0.25, 0.3) is 5.57 Å². The molecule has 39 heavy (non-hydrogen) atoms. The maximum Gasteiger partial charge on any atom is 0.186 e. The smallest absolute Gasteiger partial charge is 0.186 e. The highest BCUT2D eigenvalue weighted by Gasteiger charge is 2.57. The van der Waals surface area contributed by atoms with E-state index in [0.717, 1.165) is 83.6 Å². The van der Waals surface area contributed by atoms with E-state index in [1.165, 1.54) is 0 Å². The summed E-state index contributed by atoms with van der Waals surface area (Å²) in [4.78, 5) is 17.2. The van der Waals surface area contributed by atoms with Crippen LogP contribution in [0.15, 0.2) is 109 Å². The highest BCUT2D eigenvalue weighted by atomic mass is 16.5. The summed E-state index contributed by atoms with van der Waals surface area (Å²) in [5.74, 6) is 1.56. The minimum Gasteiger partial charge on any atom is -0.459 e. The maximum atomic E-state index is 14.7. The van der Waals surface area contributed by atoms with Gasteiger partial charge < -0.3 is 9.64 Å². The Balaban J connectivity index is 1.62. The number of nitrogens with zero attached hydrogens (tertiary/aromatic N) is 1. The summed E-state index contributed by atoms with van der Waals surface area (Å²) in [7, 11) is 0. The fraction of sp³-hybridized carbons (Fsp3) is 0.250. The van der Waals surface area contributed by atoms with Gasteiger partial charge in [0.2, 0.25) is 0 Å². The van der Waals surface area contributed by atoms with Crippen LogP contribution < -0.4 is 9.64 Å². The number of allylic oxidation sites excluding steroid dienone is 1. The van der Waals surface area contributed by atoms with Gasteiger partial charge in [0, 0.05) is 41.5 Å². The molecule has 0 bridgehead atoms. The number of carbonyl (C=O) groups is 1. The standard InChI is InChI=1S/C36H35NO2/c1-3-5-23-37(24-6-4-2)28-21-22-31-32(25-28)39-35-33(26-15-9-7-10-16-26)29-19-13-14-20-30(29)34(38)36(31,35)27-17-11-8-12-18-27/h7-22,25H,3-6,23-24H2,1-2H3. The lowest BCUT2D eigenvalue weighted by Crippen LogP contribution is -2.41. The normalized spacial score (nSPS) is 17.3. The summed E-state index contributed by atoms with van der Waals surface area (Å²) in [5, 5.41) is 0. The summed E-state index contributed by atoms with van der Waals surface area (Å²) in [5.41, 5.74) is 5.68. The molecule has 0 N–H and O–H groups in total. The van der Waals surface area contributed by atoms with Crippen LogP contribution in [0.4, 0.5) is 5.69 Å². The fourth-order valence-corrected chi connectivity index (χ4v) is 6.16. The van der Waals surface area contributed by atoms with E-state index in [9.17, 15) is 4.79 Å². The zero-order chi connectivity index (χ0) is 26.8. The molecule has 1 aliphatic heterocycles. The van der Waals surface area contributed by atoms with Gasteiger partial charge in [-0.25, -0.2) is 0 Å². The van der Waals surface area contributed by atoms with Crippen molar-refractivity contribution in [2.24, 2.45) is 0 Å². The largest absolute Gasteiger partial charge is 0.459 e. The number of Topliss-reactive ketones (excluding diaryl/α,β-unsaturated/α-hetero) is 1. The highest BCUT2D eigenvalue weighted by Crippen LogP contribution is 2.58. The molecular weight excluding hydrogens is 478 g/mol. The van der Waals surface area contributed by atoms with Gasteiger partial charge >= 0.3 is 0 Å². The molecule has 3 heteroatoms. The molecule has 0 amide bonds. The van der Waals surface area contributed by atoms with Gasteiger partial charge in [-0.3, -0.25) is 4.79 Å². The van der Waals surface area contributed by atoms with Crippen molar-refractivity contribution >= 4 is 17.0 Å². The molecule has 1 atom stereocenters. The third kappa shape index (κ3) is 4.08. The van der Waals surface area contributed by atoms with Gasteiger partial charge in [0.25, 0.3) is 0 Å². The third-order valence-corrected chi connectivity index (χ3v) is 8.13. The molecular formula is C36H35NO2. The first-order valence-electron chi connectivity index (χ1n) is 14.3. The molecule has 6 rings (SSSR count). The van der Waals surface area contributed by atoms with Crippen LogP contribution in [0.2, 0.25) is 0 Å². The van der Waals surface area contributed by atoms with Crippen LogP contribution in [-0.4, -0.2) is 18.9 Å². The van der Waals surface area contributed by atoms with E-state index >= 15 is 0 Å². The molecule has 0 fully saturated rings. The number of unbranched alkanes of at least 4 members (excludes halogenated alkanes) is 2. The minimum atomic E-state index is -1.04. The molecule has 4 aromatic carbocycles. The maximum absolute atomic E-state index is 14.7. The summed E-state index contributed by atoms with van der Waals surface area (Å²) in [6.45, 7) is 6.50. The average Bonchev–Trinajstić information content (AvgIpc) is 3.33. The predicted molar refractivity (Wildman–Crippen MR) is 160 cm³/mol. The van der Waals surface area contributed by atoms with Gasteiger partial charge in [0.05, 0.1) is 0 Å². The Labute approximate surface area is 231 Å². The molecule has 196 valence electrons. The van der Waals surface area contributed by atoms with E-state index in [1.807, 2.05) is 60.7 Å². The van der Waals surface area contributed by atoms with E-state index in [1.54, 1.807) is 0 Å². The zero-order valence-electron chi connectivity index (χ0n) is 22.8. The van der Waals surface area contributed by atoms with Gasteiger partial charge in [-0.2, -0.15) is 0 Å². The lowest BCUT2D eigenvalue weighted by molar-refractivity contribution is 0.0921. The number of ether oxygens (including phenoxy) is 1. The molecule has 3 nitrogen and oxygen atoms in total. The molecule has 1 unspecified atom stereocenters. The monoisotopic (exact) mass is 513 g/mol.